The van der Waals surface area contributed by atoms with Crippen LogP contribution >= 0.6 is 0 Å². The van der Waals surface area contributed by atoms with Crippen molar-refractivity contribution in [2.45, 2.75) is 33.1 Å². The van der Waals surface area contributed by atoms with Crippen LogP contribution in [0.2, 0.25) is 0 Å². The first-order valence-electron chi connectivity index (χ1n) is 9.90. The highest BCUT2D eigenvalue weighted by atomic mass is 16.2. The van der Waals surface area contributed by atoms with Gasteiger partial charge in [-0.15, -0.1) is 0 Å². The van der Waals surface area contributed by atoms with Gasteiger partial charge >= 0.3 is 0 Å². The van der Waals surface area contributed by atoms with E-state index in [1.165, 1.54) is 4.90 Å². The summed E-state index contributed by atoms with van der Waals surface area (Å²) in [6, 6.07) is 10.6. The van der Waals surface area contributed by atoms with E-state index in [1.54, 1.807) is 28.9 Å². The zero-order valence-corrected chi connectivity index (χ0v) is 16.0. The summed E-state index contributed by atoms with van der Waals surface area (Å²) >= 11 is 0. The standard InChI is InChI=1S/C22H23N3O3/c1-12-3-4-13(2)25(12)23-20(26)14-7-9-17(10-8-14)24-21(27)18-15-5-6-16(11-15)19(18)22(24)28/h3-4,7-10,15-16,18-19H,5-6,11H2,1-2H3,(H,23,26)/t15-,16-,18-,19+/m0/s1. The summed E-state index contributed by atoms with van der Waals surface area (Å²) in [7, 11) is 0. The molecule has 4 atom stereocenters. The van der Waals surface area contributed by atoms with Crippen molar-refractivity contribution in [3.63, 3.8) is 0 Å². The molecule has 1 N–H and O–H groups in total. The third kappa shape index (κ3) is 2.37. The number of amides is 3. The minimum atomic E-state index is -0.233. The molecule has 2 bridgehead atoms. The molecule has 0 radical (unpaired) electrons. The van der Waals surface area contributed by atoms with Gasteiger partial charge in [0.15, 0.2) is 0 Å². The summed E-state index contributed by atoms with van der Waals surface area (Å²) in [6.45, 7) is 3.84. The Morgan fingerprint density at radius 3 is 1.96 bits per heavy atom. The second-order valence-electron chi connectivity index (χ2n) is 8.34. The van der Waals surface area contributed by atoms with Crippen LogP contribution in [-0.4, -0.2) is 22.4 Å². The molecule has 3 aliphatic rings. The summed E-state index contributed by atoms with van der Waals surface area (Å²) in [6.07, 6.45) is 3.16. The van der Waals surface area contributed by atoms with Crippen LogP contribution in [0.15, 0.2) is 36.4 Å². The Balaban J connectivity index is 1.36. The Bertz CT molecular complexity index is 943. The van der Waals surface area contributed by atoms with Crippen molar-refractivity contribution in [2.75, 3.05) is 10.3 Å². The van der Waals surface area contributed by atoms with Crippen LogP contribution < -0.4 is 10.3 Å². The molecule has 2 aromatic rings. The van der Waals surface area contributed by atoms with E-state index in [-0.39, 0.29) is 29.6 Å². The molecule has 3 amide bonds. The van der Waals surface area contributed by atoms with Crippen LogP contribution in [0.3, 0.4) is 0 Å². The van der Waals surface area contributed by atoms with E-state index in [1.807, 2.05) is 26.0 Å². The van der Waals surface area contributed by atoms with Crippen LogP contribution in [0, 0.1) is 37.5 Å². The van der Waals surface area contributed by atoms with Crippen molar-refractivity contribution in [3.8, 4) is 0 Å². The predicted octanol–water partition coefficient (Wildman–Crippen LogP) is 3.02. The molecule has 0 unspecified atom stereocenters. The molecule has 0 spiro atoms. The van der Waals surface area contributed by atoms with E-state index < -0.39 is 0 Å². The SMILES string of the molecule is Cc1ccc(C)n1NC(=O)c1ccc(N2C(=O)[C@@H]3[C@H]4CC[C@@H](C4)[C@@H]3C2=O)cc1. The molecule has 144 valence electrons. The van der Waals surface area contributed by atoms with Crippen molar-refractivity contribution >= 4 is 23.4 Å². The molecule has 2 aliphatic carbocycles. The van der Waals surface area contributed by atoms with Crippen LogP contribution in [-0.2, 0) is 9.59 Å². The number of carbonyl (C=O) groups excluding carboxylic acids is 3. The molecule has 2 saturated carbocycles. The van der Waals surface area contributed by atoms with E-state index in [0.717, 1.165) is 30.7 Å². The van der Waals surface area contributed by atoms with Gasteiger partial charge in [-0.05, 0) is 81.3 Å². The van der Waals surface area contributed by atoms with Gasteiger partial charge in [0.1, 0.15) is 0 Å². The van der Waals surface area contributed by atoms with Gasteiger partial charge in [0, 0.05) is 17.0 Å². The van der Waals surface area contributed by atoms with Crippen molar-refractivity contribution in [3.05, 3.63) is 53.3 Å². The first-order chi connectivity index (χ1) is 13.5. The smallest absolute Gasteiger partial charge is 0.270 e. The van der Waals surface area contributed by atoms with Gasteiger partial charge in [0.2, 0.25) is 11.8 Å². The predicted molar refractivity (Wildman–Crippen MR) is 104 cm³/mol. The van der Waals surface area contributed by atoms with Gasteiger partial charge in [-0.3, -0.25) is 29.4 Å². The fraction of sp³-hybridized carbons (Fsp3) is 0.409. The number of aryl methyl sites for hydroxylation is 2. The molecule has 1 aliphatic heterocycles. The highest BCUT2D eigenvalue weighted by Crippen LogP contribution is 2.56. The maximum Gasteiger partial charge on any atom is 0.270 e. The number of hydrogen-bond donors (Lipinski definition) is 1. The third-order valence-corrected chi connectivity index (χ3v) is 6.80. The Hall–Kier alpha value is -2.89. The number of anilines is 1. The second-order valence-corrected chi connectivity index (χ2v) is 8.34. The summed E-state index contributed by atoms with van der Waals surface area (Å²) in [5, 5.41) is 0. The Kier molecular flexibility index (Phi) is 3.73. The minimum absolute atomic E-state index is 0.0574. The van der Waals surface area contributed by atoms with Gasteiger partial charge in [0.05, 0.1) is 17.5 Å². The number of rotatable bonds is 3. The summed E-state index contributed by atoms with van der Waals surface area (Å²) in [5.74, 6) is 0.130. The zero-order chi connectivity index (χ0) is 19.6. The molecule has 28 heavy (non-hydrogen) atoms. The largest absolute Gasteiger partial charge is 0.274 e. The normalized spacial score (nSPS) is 28.1. The number of aromatic nitrogens is 1. The summed E-state index contributed by atoms with van der Waals surface area (Å²) in [4.78, 5) is 39.7. The second kappa shape index (κ2) is 6.06. The van der Waals surface area contributed by atoms with Gasteiger partial charge in [-0.2, -0.15) is 0 Å². The first-order valence-corrected chi connectivity index (χ1v) is 9.90. The van der Waals surface area contributed by atoms with Crippen molar-refractivity contribution in [1.29, 1.82) is 0 Å². The number of hydrogen-bond acceptors (Lipinski definition) is 3. The van der Waals surface area contributed by atoms with Crippen LogP contribution in [0.25, 0.3) is 0 Å². The topological polar surface area (TPSA) is 71.4 Å². The summed E-state index contributed by atoms with van der Waals surface area (Å²) in [5.41, 5.74) is 5.79. The summed E-state index contributed by atoms with van der Waals surface area (Å²) < 4.78 is 1.74. The van der Waals surface area contributed by atoms with Crippen LogP contribution in [0.1, 0.15) is 41.0 Å². The molecule has 6 heteroatoms. The number of benzene rings is 1. The molecular formula is C22H23N3O3. The molecule has 1 saturated heterocycles. The van der Waals surface area contributed by atoms with E-state index in [0.29, 0.717) is 23.1 Å². The van der Waals surface area contributed by atoms with E-state index >= 15 is 0 Å². The fourth-order valence-electron chi connectivity index (χ4n) is 5.44. The third-order valence-electron chi connectivity index (χ3n) is 6.80. The Morgan fingerprint density at radius 2 is 1.43 bits per heavy atom. The van der Waals surface area contributed by atoms with Gasteiger partial charge in [-0.1, -0.05) is 0 Å². The van der Waals surface area contributed by atoms with Gasteiger partial charge in [0.25, 0.3) is 5.91 Å². The molecule has 1 aromatic carbocycles. The number of nitrogens with zero attached hydrogens (tertiary/aromatic N) is 2. The lowest BCUT2D eigenvalue weighted by atomic mass is 9.81. The average molecular weight is 377 g/mol. The lowest BCUT2D eigenvalue weighted by Gasteiger charge is -2.19. The number of imide groups is 1. The average Bonchev–Trinajstić information content (AvgIpc) is 3.43. The van der Waals surface area contributed by atoms with Gasteiger partial charge < -0.3 is 0 Å². The quantitative estimate of drug-likeness (QED) is 0.836. The van der Waals surface area contributed by atoms with E-state index in [9.17, 15) is 14.4 Å². The fourth-order valence-corrected chi connectivity index (χ4v) is 5.44. The molecule has 1 aromatic heterocycles. The van der Waals surface area contributed by atoms with Crippen LogP contribution in [0.4, 0.5) is 5.69 Å². The van der Waals surface area contributed by atoms with E-state index in [2.05, 4.69) is 5.43 Å². The minimum Gasteiger partial charge on any atom is -0.274 e. The van der Waals surface area contributed by atoms with Crippen molar-refractivity contribution in [2.24, 2.45) is 23.7 Å². The maximum atomic E-state index is 12.9. The molecule has 2 heterocycles. The van der Waals surface area contributed by atoms with E-state index in [4.69, 9.17) is 0 Å². The molecule has 6 nitrogen and oxygen atoms in total. The Morgan fingerprint density at radius 1 is 0.893 bits per heavy atom. The van der Waals surface area contributed by atoms with Crippen molar-refractivity contribution < 1.29 is 14.4 Å². The molecule has 3 fully saturated rings. The number of carbonyl (C=O) groups is 3. The maximum absolute atomic E-state index is 12.9. The zero-order valence-electron chi connectivity index (χ0n) is 16.0. The highest BCUT2D eigenvalue weighted by Gasteiger charge is 2.61. The highest BCUT2D eigenvalue weighted by molar-refractivity contribution is 6.22. The number of fused-ring (bicyclic) bond motifs is 5. The van der Waals surface area contributed by atoms with Gasteiger partial charge in [-0.25, -0.2) is 0 Å². The monoisotopic (exact) mass is 377 g/mol. The lowest BCUT2D eigenvalue weighted by molar-refractivity contribution is -0.123. The first kappa shape index (κ1) is 17.2. The Labute approximate surface area is 163 Å². The lowest BCUT2D eigenvalue weighted by Crippen LogP contribution is -2.32. The number of nitrogens with one attached hydrogen (secondary N) is 1. The molecular weight excluding hydrogens is 354 g/mol. The van der Waals surface area contributed by atoms with Crippen LogP contribution in [0.5, 0.6) is 0 Å². The van der Waals surface area contributed by atoms with Crippen molar-refractivity contribution in [1.82, 2.24) is 4.68 Å². The molecule has 5 rings (SSSR count).